The fourth-order valence-corrected chi connectivity index (χ4v) is 0.673. The second kappa shape index (κ2) is 18.3. The first-order valence-electron chi connectivity index (χ1n) is 6.14. The Morgan fingerprint density at radius 2 is 1.05 bits per heavy atom. The molecular formula is C14H20N2O6. The van der Waals surface area contributed by atoms with Crippen molar-refractivity contribution in [1.82, 2.24) is 0 Å². The third kappa shape index (κ3) is 22.5. The maximum atomic E-state index is 9.61. The molecule has 0 spiro atoms. The molecule has 8 nitrogen and oxygen atoms in total. The zero-order valence-electron chi connectivity index (χ0n) is 12.2. The van der Waals surface area contributed by atoms with E-state index in [1.165, 1.54) is 12.1 Å². The van der Waals surface area contributed by atoms with Crippen LogP contribution in [-0.2, 0) is 9.59 Å². The van der Waals surface area contributed by atoms with E-state index in [1.54, 1.807) is 0 Å². The standard InChI is InChI=1S/C6H14O2.2C4H3NO2/c7-5-3-1-2-4-6-8;2*1-3(2-5)4(6)7/h7-8H,1-6H2;2*1H2,(H,6,7). The molecule has 122 valence electrons. The molecule has 22 heavy (non-hydrogen) atoms. The summed E-state index contributed by atoms with van der Waals surface area (Å²) in [6.07, 6.45) is 3.83. The second-order valence-electron chi connectivity index (χ2n) is 3.65. The number of aliphatic hydroxyl groups is 2. The lowest BCUT2D eigenvalue weighted by Crippen LogP contribution is -1.94. The monoisotopic (exact) mass is 312 g/mol. The van der Waals surface area contributed by atoms with Crippen molar-refractivity contribution in [3.8, 4) is 12.1 Å². The number of unbranched alkanes of at least 4 members (excludes halogenated alkanes) is 3. The predicted molar refractivity (Wildman–Crippen MR) is 77.4 cm³/mol. The van der Waals surface area contributed by atoms with Crippen LogP contribution in [-0.4, -0.2) is 45.6 Å². The molecule has 0 unspecified atom stereocenters. The van der Waals surface area contributed by atoms with Gasteiger partial charge < -0.3 is 20.4 Å². The van der Waals surface area contributed by atoms with Gasteiger partial charge >= 0.3 is 11.9 Å². The third-order valence-corrected chi connectivity index (χ3v) is 1.85. The number of carboxylic acids is 2. The quantitative estimate of drug-likeness (QED) is 0.305. The van der Waals surface area contributed by atoms with E-state index in [-0.39, 0.29) is 13.2 Å². The maximum absolute atomic E-state index is 9.61. The first-order valence-corrected chi connectivity index (χ1v) is 6.14. The van der Waals surface area contributed by atoms with E-state index in [0.717, 1.165) is 25.7 Å². The van der Waals surface area contributed by atoms with Crippen molar-refractivity contribution >= 4 is 11.9 Å². The molecule has 0 heterocycles. The number of nitriles is 2. The summed E-state index contributed by atoms with van der Waals surface area (Å²) in [7, 11) is 0. The van der Waals surface area contributed by atoms with Crippen molar-refractivity contribution in [3.63, 3.8) is 0 Å². The fraction of sp³-hybridized carbons (Fsp3) is 0.429. The Morgan fingerprint density at radius 3 is 1.14 bits per heavy atom. The number of hydrogen-bond acceptors (Lipinski definition) is 6. The number of nitrogens with zero attached hydrogens (tertiary/aromatic N) is 2. The van der Waals surface area contributed by atoms with Crippen LogP contribution >= 0.6 is 0 Å². The van der Waals surface area contributed by atoms with E-state index in [2.05, 4.69) is 13.2 Å². The summed E-state index contributed by atoms with van der Waals surface area (Å²) < 4.78 is 0. The zero-order valence-corrected chi connectivity index (χ0v) is 12.2. The molecule has 8 heteroatoms. The van der Waals surface area contributed by atoms with E-state index < -0.39 is 23.1 Å². The summed E-state index contributed by atoms with van der Waals surface area (Å²) >= 11 is 0. The van der Waals surface area contributed by atoms with Gasteiger partial charge in [-0.1, -0.05) is 26.0 Å². The van der Waals surface area contributed by atoms with Crippen molar-refractivity contribution < 1.29 is 30.0 Å². The van der Waals surface area contributed by atoms with Crippen LogP contribution in [0.2, 0.25) is 0 Å². The van der Waals surface area contributed by atoms with Gasteiger partial charge in [0.15, 0.2) is 0 Å². The first kappa shape index (κ1) is 24.3. The molecule has 0 rings (SSSR count). The summed E-state index contributed by atoms with van der Waals surface area (Å²) in [5, 5.41) is 47.9. The summed E-state index contributed by atoms with van der Waals surface area (Å²) in [6, 6.07) is 2.74. The average Bonchev–Trinajstić information content (AvgIpc) is 2.51. The lowest BCUT2D eigenvalue weighted by Gasteiger charge is -1.93. The van der Waals surface area contributed by atoms with Gasteiger partial charge in [-0.05, 0) is 12.8 Å². The normalized spacial score (nSPS) is 7.82. The van der Waals surface area contributed by atoms with Gasteiger partial charge in [-0.25, -0.2) is 9.59 Å². The molecule has 0 fully saturated rings. The first-order chi connectivity index (χ1) is 10.3. The highest BCUT2D eigenvalue weighted by Crippen LogP contribution is 1.96. The van der Waals surface area contributed by atoms with Gasteiger partial charge in [0.25, 0.3) is 0 Å². The highest BCUT2D eigenvalue weighted by Gasteiger charge is 1.98. The minimum atomic E-state index is -1.26. The number of hydrogen-bond donors (Lipinski definition) is 4. The van der Waals surface area contributed by atoms with E-state index in [9.17, 15) is 9.59 Å². The van der Waals surface area contributed by atoms with Gasteiger partial charge in [0.1, 0.15) is 23.3 Å². The Morgan fingerprint density at radius 1 is 0.773 bits per heavy atom. The smallest absolute Gasteiger partial charge is 0.345 e. The molecule has 4 N–H and O–H groups in total. The third-order valence-electron chi connectivity index (χ3n) is 1.85. The van der Waals surface area contributed by atoms with Crippen LogP contribution < -0.4 is 0 Å². The van der Waals surface area contributed by atoms with Gasteiger partial charge in [-0.2, -0.15) is 10.5 Å². The molecule has 0 amide bonds. The lowest BCUT2D eigenvalue weighted by molar-refractivity contribution is -0.133. The lowest BCUT2D eigenvalue weighted by atomic mass is 10.2. The van der Waals surface area contributed by atoms with Crippen molar-refractivity contribution in [1.29, 1.82) is 10.5 Å². The molecule has 0 radical (unpaired) electrons. The van der Waals surface area contributed by atoms with Crippen LogP contribution in [0.15, 0.2) is 24.3 Å². The molecule has 0 atom stereocenters. The van der Waals surface area contributed by atoms with Crippen LogP contribution in [0.25, 0.3) is 0 Å². The number of carbonyl (C=O) groups is 2. The number of carboxylic acid groups (broad SMARTS) is 2. The minimum absolute atomic E-state index is 0.283. The molecule has 0 aromatic rings. The van der Waals surface area contributed by atoms with Crippen molar-refractivity contribution in [3.05, 3.63) is 24.3 Å². The average molecular weight is 312 g/mol. The molecule has 0 aromatic heterocycles. The van der Waals surface area contributed by atoms with E-state index >= 15 is 0 Å². The Kier molecular flexibility index (Phi) is 20.3. The zero-order chi connectivity index (χ0) is 18.0. The topological polar surface area (TPSA) is 163 Å². The summed E-state index contributed by atoms with van der Waals surface area (Å²) in [4.78, 5) is 19.2. The van der Waals surface area contributed by atoms with Crippen LogP contribution in [0.5, 0.6) is 0 Å². The highest BCUT2D eigenvalue weighted by molar-refractivity contribution is 5.90. The van der Waals surface area contributed by atoms with E-state index in [1.807, 2.05) is 0 Å². The van der Waals surface area contributed by atoms with Crippen LogP contribution in [0.4, 0.5) is 0 Å². The summed E-state index contributed by atoms with van der Waals surface area (Å²) in [6.45, 7) is 6.39. The Hall–Kier alpha value is -2.68. The van der Waals surface area contributed by atoms with Crippen molar-refractivity contribution in [2.24, 2.45) is 0 Å². The minimum Gasteiger partial charge on any atom is -0.477 e. The van der Waals surface area contributed by atoms with Crippen LogP contribution in [0.3, 0.4) is 0 Å². The highest BCUT2D eigenvalue weighted by atomic mass is 16.4. The van der Waals surface area contributed by atoms with Gasteiger partial charge in [-0.3, -0.25) is 0 Å². The molecule has 0 aliphatic carbocycles. The van der Waals surface area contributed by atoms with Crippen molar-refractivity contribution in [2.75, 3.05) is 13.2 Å². The molecule has 0 saturated carbocycles. The van der Waals surface area contributed by atoms with E-state index in [0.29, 0.717) is 0 Å². The Bertz CT molecular complexity index is 403. The fourth-order valence-electron chi connectivity index (χ4n) is 0.673. The molecule has 0 saturated heterocycles. The SMILES string of the molecule is C=C(C#N)C(=O)O.C=C(C#N)C(=O)O.OCCCCCCO. The van der Waals surface area contributed by atoms with Gasteiger partial charge in [0.05, 0.1) is 0 Å². The molecule has 0 bridgehead atoms. The summed E-state index contributed by atoms with van der Waals surface area (Å²) in [5.74, 6) is -2.52. The Balaban J connectivity index is -0.000000247. The van der Waals surface area contributed by atoms with Crippen LogP contribution in [0.1, 0.15) is 25.7 Å². The second-order valence-corrected chi connectivity index (χ2v) is 3.65. The number of rotatable bonds is 7. The largest absolute Gasteiger partial charge is 0.477 e. The van der Waals surface area contributed by atoms with Gasteiger partial charge in [0, 0.05) is 13.2 Å². The molecule has 0 aromatic carbocycles. The molecule has 0 aliphatic heterocycles. The van der Waals surface area contributed by atoms with Crippen molar-refractivity contribution in [2.45, 2.75) is 25.7 Å². The molecule has 0 aliphatic rings. The van der Waals surface area contributed by atoms with Gasteiger partial charge in [0.2, 0.25) is 0 Å². The number of aliphatic hydroxyl groups excluding tert-OH is 2. The predicted octanol–water partition coefficient (Wildman–Crippen LogP) is 0.833. The Labute approximate surface area is 128 Å². The summed E-state index contributed by atoms with van der Waals surface area (Å²) in [5.41, 5.74) is -0.861. The number of aliphatic carboxylic acids is 2. The van der Waals surface area contributed by atoms with Gasteiger partial charge in [-0.15, -0.1) is 0 Å². The van der Waals surface area contributed by atoms with E-state index in [4.69, 9.17) is 30.9 Å². The maximum Gasteiger partial charge on any atom is 0.345 e. The van der Waals surface area contributed by atoms with Crippen LogP contribution in [0, 0.1) is 22.7 Å². The molecular weight excluding hydrogens is 292 g/mol.